The number of pyridine rings is 1. The number of hydrogen-bond acceptors (Lipinski definition) is 7. The Balaban J connectivity index is 1.78. The summed E-state index contributed by atoms with van der Waals surface area (Å²) in [5, 5.41) is 3.54. The van der Waals surface area contributed by atoms with E-state index in [0.29, 0.717) is 0 Å². The molecule has 122 valence electrons. The van der Waals surface area contributed by atoms with Gasteiger partial charge in [-0.2, -0.15) is 4.98 Å². The lowest BCUT2D eigenvalue weighted by Gasteiger charge is -2.20. The van der Waals surface area contributed by atoms with Crippen LogP contribution in [0.1, 0.15) is 5.69 Å². The lowest BCUT2D eigenvalue weighted by Crippen LogP contribution is -2.33. The zero-order valence-electron chi connectivity index (χ0n) is 13.0. The van der Waals surface area contributed by atoms with E-state index >= 15 is 0 Å². The Bertz CT molecular complexity index is 697. The van der Waals surface area contributed by atoms with Crippen LogP contribution in [0.3, 0.4) is 0 Å². The van der Waals surface area contributed by atoms with Crippen molar-refractivity contribution in [1.29, 1.82) is 0 Å². The summed E-state index contributed by atoms with van der Waals surface area (Å²) >= 11 is 3.58. The third-order valence-corrected chi connectivity index (χ3v) is 4.96. The van der Waals surface area contributed by atoms with Gasteiger partial charge in [0.2, 0.25) is 5.95 Å². The van der Waals surface area contributed by atoms with E-state index in [2.05, 4.69) is 41.1 Å². The molecule has 0 saturated carbocycles. The van der Waals surface area contributed by atoms with E-state index in [9.17, 15) is 0 Å². The molecule has 7 nitrogen and oxygen atoms in total. The number of methoxy groups -OCH3 is 1. The number of hydrogen-bond donors (Lipinski definition) is 2. The first kappa shape index (κ1) is 15.9. The maximum absolute atomic E-state index is 5.68. The zero-order valence-corrected chi connectivity index (χ0v) is 14.6. The van der Waals surface area contributed by atoms with Gasteiger partial charge in [-0.3, -0.25) is 4.98 Å². The van der Waals surface area contributed by atoms with Crippen molar-refractivity contribution in [2.45, 2.75) is 19.1 Å². The predicted octanol–water partition coefficient (Wildman–Crippen LogP) is 1.84. The maximum Gasteiger partial charge on any atom is 0.221 e. The number of nitrogens with two attached hydrogens (primary N) is 1. The standard InChI is InChI=1S/C15H19BrN6O/c1-9-14(16)10(3-5-18-9)20-11-7-22(8-12(11)23-2)13-4-6-19-15(17)21-13/h3-6,11-12H,7-8H2,1-2H3,(H,18,20)(H2,17,19,21)/t11-,12+/m0/s1. The number of nitrogen functional groups attached to an aromatic ring is 1. The van der Waals surface area contributed by atoms with Crippen LogP contribution < -0.4 is 16.0 Å². The highest BCUT2D eigenvalue weighted by Gasteiger charge is 2.34. The largest absolute Gasteiger partial charge is 0.377 e. The van der Waals surface area contributed by atoms with Gasteiger partial charge >= 0.3 is 0 Å². The first-order valence-corrected chi connectivity index (χ1v) is 8.11. The highest BCUT2D eigenvalue weighted by molar-refractivity contribution is 9.10. The zero-order chi connectivity index (χ0) is 16.4. The molecular weight excluding hydrogens is 360 g/mol. The molecule has 0 bridgehead atoms. The Kier molecular flexibility index (Phi) is 4.63. The van der Waals surface area contributed by atoms with Crippen LogP contribution in [0.25, 0.3) is 0 Å². The summed E-state index contributed by atoms with van der Waals surface area (Å²) in [5.74, 6) is 1.09. The molecule has 3 N–H and O–H groups in total. The summed E-state index contributed by atoms with van der Waals surface area (Å²) in [6, 6.07) is 3.95. The van der Waals surface area contributed by atoms with Crippen LogP contribution in [0.4, 0.5) is 17.5 Å². The van der Waals surface area contributed by atoms with Gasteiger partial charge in [-0.1, -0.05) is 0 Å². The Morgan fingerprint density at radius 2 is 2.09 bits per heavy atom. The fourth-order valence-corrected chi connectivity index (χ4v) is 3.09. The van der Waals surface area contributed by atoms with Crippen molar-refractivity contribution < 1.29 is 4.74 Å². The van der Waals surface area contributed by atoms with E-state index in [0.717, 1.165) is 34.8 Å². The van der Waals surface area contributed by atoms with Gasteiger partial charge in [0, 0.05) is 32.6 Å². The number of ether oxygens (including phenoxy) is 1. The molecule has 0 radical (unpaired) electrons. The van der Waals surface area contributed by atoms with E-state index in [1.807, 2.05) is 19.1 Å². The minimum atomic E-state index is 0.0477. The maximum atomic E-state index is 5.68. The van der Waals surface area contributed by atoms with Crippen molar-refractivity contribution in [3.8, 4) is 0 Å². The molecule has 8 heteroatoms. The molecule has 1 saturated heterocycles. The van der Waals surface area contributed by atoms with Crippen LogP contribution in [-0.4, -0.2) is 47.3 Å². The Morgan fingerprint density at radius 3 is 2.83 bits per heavy atom. The van der Waals surface area contributed by atoms with Crippen LogP contribution in [0.15, 0.2) is 29.0 Å². The van der Waals surface area contributed by atoms with Gasteiger partial charge in [0.25, 0.3) is 0 Å². The van der Waals surface area contributed by atoms with E-state index in [1.54, 1.807) is 19.5 Å². The second-order valence-corrected chi connectivity index (χ2v) is 6.25. The van der Waals surface area contributed by atoms with E-state index in [4.69, 9.17) is 10.5 Å². The van der Waals surface area contributed by atoms with Crippen LogP contribution in [0.5, 0.6) is 0 Å². The molecule has 3 heterocycles. The normalized spacial score (nSPS) is 20.7. The molecule has 0 amide bonds. The predicted molar refractivity (Wildman–Crippen MR) is 93.5 cm³/mol. The van der Waals surface area contributed by atoms with Gasteiger partial charge in [0.15, 0.2) is 0 Å². The monoisotopic (exact) mass is 378 g/mol. The number of aromatic nitrogens is 3. The first-order valence-electron chi connectivity index (χ1n) is 7.32. The van der Waals surface area contributed by atoms with Crippen molar-refractivity contribution in [3.05, 3.63) is 34.7 Å². The Labute approximate surface area is 143 Å². The Morgan fingerprint density at radius 1 is 1.30 bits per heavy atom. The molecule has 1 fully saturated rings. The molecule has 0 spiro atoms. The van der Waals surface area contributed by atoms with Crippen LogP contribution in [0.2, 0.25) is 0 Å². The summed E-state index contributed by atoms with van der Waals surface area (Å²) in [7, 11) is 1.73. The van der Waals surface area contributed by atoms with Gasteiger partial charge in [0.05, 0.1) is 28.0 Å². The molecule has 2 atom stereocenters. The minimum Gasteiger partial charge on any atom is -0.377 e. The molecule has 0 unspecified atom stereocenters. The number of aryl methyl sites for hydroxylation is 1. The lowest BCUT2D eigenvalue weighted by molar-refractivity contribution is 0.113. The van der Waals surface area contributed by atoms with Gasteiger partial charge in [-0.25, -0.2) is 4.98 Å². The smallest absolute Gasteiger partial charge is 0.221 e. The quantitative estimate of drug-likeness (QED) is 0.838. The second-order valence-electron chi connectivity index (χ2n) is 5.46. The molecule has 23 heavy (non-hydrogen) atoms. The van der Waals surface area contributed by atoms with E-state index in [-0.39, 0.29) is 18.1 Å². The van der Waals surface area contributed by atoms with Crippen molar-refractivity contribution >= 4 is 33.4 Å². The van der Waals surface area contributed by atoms with Gasteiger partial charge in [0.1, 0.15) is 5.82 Å². The van der Waals surface area contributed by atoms with Gasteiger partial charge in [-0.05, 0) is 35.0 Å². The minimum absolute atomic E-state index is 0.0477. The number of nitrogens with zero attached hydrogens (tertiary/aromatic N) is 4. The van der Waals surface area contributed by atoms with E-state index < -0.39 is 0 Å². The molecule has 2 aromatic heterocycles. The Hall–Kier alpha value is -1.93. The molecule has 1 aliphatic heterocycles. The van der Waals surface area contributed by atoms with Crippen molar-refractivity contribution in [3.63, 3.8) is 0 Å². The number of anilines is 3. The number of nitrogens with one attached hydrogen (secondary N) is 1. The summed E-state index contributed by atoms with van der Waals surface area (Å²) < 4.78 is 6.61. The molecule has 0 aromatic carbocycles. The third-order valence-electron chi connectivity index (χ3n) is 3.96. The topological polar surface area (TPSA) is 89.2 Å². The molecule has 0 aliphatic carbocycles. The van der Waals surface area contributed by atoms with Crippen molar-refractivity contribution in [2.24, 2.45) is 0 Å². The summed E-state index contributed by atoms with van der Waals surface area (Å²) in [6.45, 7) is 3.47. The van der Waals surface area contributed by atoms with Crippen molar-refractivity contribution in [1.82, 2.24) is 15.0 Å². The van der Waals surface area contributed by atoms with Crippen LogP contribution in [-0.2, 0) is 4.74 Å². The van der Waals surface area contributed by atoms with Crippen molar-refractivity contribution in [2.75, 3.05) is 36.1 Å². The first-order chi connectivity index (χ1) is 11.1. The number of halogens is 1. The summed E-state index contributed by atoms with van der Waals surface area (Å²) in [6.07, 6.45) is 3.51. The third kappa shape index (κ3) is 3.37. The highest BCUT2D eigenvalue weighted by atomic mass is 79.9. The van der Waals surface area contributed by atoms with Gasteiger partial charge < -0.3 is 20.7 Å². The summed E-state index contributed by atoms with van der Waals surface area (Å²) in [5.41, 5.74) is 7.63. The summed E-state index contributed by atoms with van der Waals surface area (Å²) in [4.78, 5) is 14.6. The van der Waals surface area contributed by atoms with Gasteiger partial charge in [-0.15, -0.1) is 0 Å². The molecular formula is C15H19BrN6O. The fraction of sp³-hybridized carbons (Fsp3) is 0.400. The van der Waals surface area contributed by atoms with E-state index in [1.165, 1.54) is 0 Å². The van der Waals surface area contributed by atoms with Crippen LogP contribution in [0, 0.1) is 6.92 Å². The second kappa shape index (κ2) is 6.67. The average molecular weight is 379 g/mol. The fourth-order valence-electron chi connectivity index (χ4n) is 2.74. The number of rotatable bonds is 4. The molecule has 1 aliphatic rings. The molecule has 2 aromatic rings. The van der Waals surface area contributed by atoms with Crippen LogP contribution >= 0.6 is 15.9 Å². The SMILES string of the molecule is CO[C@@H]1CN(c2ccnc(N)n2)C[C@@H]1Nc1ccnc(C)c1Br. The highest BCUT2D eigenvalue weighted by Crippen LogP contribution is 2.28. The average Bonchev–Trinajstić information content (AvgIpc) is 2.95. The lowest BCUT2D eigenvalue weighted by atomic mass is 10.2. The molecule has 3 rings (SSSR count).